The second kappa shape index (κ2) is 4.98. The first kappa shape index (κ1) is 14.3. The molecule has 1 aromatic carbocycles. The molecule has 0 aromatic heterocycles. The molecule has 0 bridgehead atoms. The molecule has 1 saturated heterocycles. The van der Waals surface area contributed by atoms with Crippen molar-refractivity contribution in [1.29, 1.82) is 0 Å². The molecule has 2 amide bonds. The lowest BCUT2D eigenvalue weighted by molar-refractivity contribution is -0.137. The largest absolute Gasteiger partial charge is 0.340 e. The van der Waals surface area contributed by atoms with Crippen molar-refractivity contribution >= 4 is 29.1 Å². The van der Waals surface area contributed by atoms with Crippen LogP contribution in [0.1, 0.15) is 32.6 Å². The molecule has 1 aliphatic heterocycles. The van der Waals surface area contributed by atoms with Crippen LogP contribution in [0.25, 0.3) is 0 Å². The van der Waals surface area contributed by atoms with E-state index in [9.17, 15) is 14.0 Å². The lowest BCUT2D eigenvalue weighted by Crippen LogP contribution is -2.69. The quantitative estimate of drug-likeness (QED) is 0.867. The Balaban J connectivity index is 2.08. The maximum Gasteiger partial charge on any atom is 0.253 e. The summed E-state index contributed by atoms with van der Waals surface area (Å²) in [6.07, 6.45) is 2.96. The second-order valence-corrected chi connectivity index (χ2v) is 6.11. The van der Waals surface area contributed by atoms with E-state index in [4.69, 9.17) is 11.6 Å². The fourth-order valence-electron chi connectivity index (χ4n) is 3.23. The smallest absolute Gasteiger partial charge is 0.253 e. The van der Waals surface area contributed by atoms with E-state index in [1.54, 1.807) is 13.0 Å². The van der Waals surface area contributed by atoms with Crippen LogP contribution in [0.5, 0.6) is 0 Å². The number of carbonyl (C=O) groups is 2. The topological polar surface area (TPSA) is 49.4 Å². The second-order valence-electron chi connectivity index (χ2n) is 5.70. The molecule has 1 heterocycles. The fourth-order valence-corrected chi connectivity index (χ4v) is 3.40. The summed E-state index contributed by atoms with van der Waals surface area (Å²) in [6, 6.07) is 3.73. The summed E-state index contributed by atoms with van der Waals surface area (Å²) in [6.45, 7) is 1.59. The summed E-state index contributed by atoms with van der Waals surface area (Å²) >= 11 is 5.80. The summed E-state index contributed by atoms with van der Waals surface area (Å²) in [7, 11) is 0. The molecule has 0 radical (unpaired) electrons. The van der Waals surface area contributed by atoms with Crippen molar-refractivity contribution in [3.05, 3.63) is 29.0 Å². The van der Waals surface area contributed by atoms with Crippen molar-refractivity contribution in [3.8, 4) is 0 Å². The predicted molar refractivity (Wildman–Crippen MR) is 77.7 cm³/mol. The van der Waals surface area contributed by atoms with E-state index in [2.05, 4.69) is 5.32 Å². The lowest BCUT2D eigenvalue weighted by atomic mass is 9.90. The van der Waals surface area contributed by atoms with Crippen LogP contribution in [0, 0.1) is 5.82 Å². The minimum atomic E-state index is -0.877. The predicted octanol–water partition coefficient (Wildman–Crippen LogP) is 2.64. The van der Waals surface area contributed by atoms with Gasteiger partial charge in [-0.15, -0.1) is 0 Å². The minimum Gasteiger partial charge on any atom is -0.340 e. The number of halogens is 2. The van der Waals surface area contributed by atoms with Crippen molar-refractivity contribution in [2.45, 2.75) is 44.2 Å². The van der Waals surface area contributed by atoms with Gasteiger partial charge in [0.2, 0.25) is 5.91 Å². The van der Waals surface area contributed by atoms with Crippen molar-refractivity contribution in [2.75, 3.05) is 4.90 Å². The minimum absolute atomic E-state index is 0.0565. The molecule has 1 N–H and O–H groups in total. The summed E-state index contributed by atoms with van der Waals surface area (Å²) in [5.74, 6) is -1.16. The first-order valence-electron chi connectivity index (χ1n) is 7.06. The molecule has 4 nitrogen and oxygen atoms in total. The van der Waals surface area contributed by atoms with Crippen LogP contribution in [0.15, 0.2) is 18.2 Å². The third-order valence-corrected chi connectivity index (χ3v) is 4.70. The molecular weight excluding hydrogens is 295 g/mol. The Bertz CT molecular complexity index is 614. The van der Waals surface area contributed by atoms with Crippen molar-refractivity contribution in [2.24, 2.45) is 0 Å². The maximum atomic E-state index is 14.3. The van der Waals surface area contributed by atoms with Gasteiger partial charge in [0, 0.05) is 0 Å². The van der Waals surface area contributed by atoms with Gasteiger partial charge in [-0.2, -0.15) is 0 Å². The van der Waals surface area contributed by atoms with Gasteiger partial charge in [0.05, 0.1) is 10.7 Å². The number of carbonyl (C=O) groups excluding carboxylic acids is 2. The van der Waals surface area contributed by atoms with Crippen LogP contribution in [0.4, 0.5) is 10.1 Å². The number of anilines is 1. The van der Waals surface area contributed by atoms with Gasteiger partial charge in [0.1, 0.15) is 11.6 Å². The number of benzene rings is 1. The molecule has 1 saturated carbocycles. The SMILES string of the molecule is CC1C(=O)NC2(CCCC2)C(=O)N1c1cccc(Cl)c1F. The first-order valence-corrected chi connectivity index (χ1v) is 7.44. The first-order chi connectivity index (χ1) is 9.96. The summed E-state index contributed by atoms with van der Waals surface area (Å²) < 4.78 is 14.3. The van der Waals surface area contributed by atoms with E-state index in [1.165, 1.54) is 17.0 Å². The van der Waals surface area contributed by atoms with Gasteiger partial charge in [0.15, 0.2) is 5.82 Å². The van der Waals surface area contributed by atoms with Crippen LogP contribution >= 0.6 is 11.6 Å². The number of hydrogen-bond donors (Lipinski definition) is 1. The molecule has 1 unspecified atom stereocenters. The number of rotatable bonds is 1. The monoisotopic (exact) mass is 310 g/mol. The van der Waals surface area contributed by atoms with Gasteiger partial charge in [-0.25, -0.2) is 4.39 Å². The zero-order chi connectivity index (χ0) is 15.2. The Morgan fingerprint density at radius 2 is 2.00 bits per heavy atom. The fraction of sp³-hybridized carbons (Fsp3) is 0.467. The number of piperazine rings is 1. The highest BCUT2D eigenvalue weighted by atomic mass is 35.5. The molecule has 1 atom stereocenters. The molecule has 1 spiro atoms. The van der Waals surface area contributed by atoms with E-state index >= 15 is 0 Å². The Kier molecular flexibility index (Phi) is 3.40. The van der Waals surface area contributed by atoms with E-state index in [1.807, 2.05) is 0 Å². The Morgan fingerprint density at radius 1 is 1.33 bits per heavy atom. The molecule has 1 aliphatic carbocycles. The van der Waals surface area contributed by atoms with Gasteiger partial charge in [-0.3, -0.25) is 14.5 Å². The van der Waals surface area contributed by atoms with Crippen LogP contribution in [-0.2, 0) is 9.59 Å². The summed E-state index contributed by atoms with van der Waals surface area (Å²) in [5.41, 5.74) is -0.806. The van der Waals surface area contributed by atoms with Gasteiger partial charge >= 0.3 is 0 Å². The average molecular weight is 311 g/mol. The third-order valence-electron chi connectivity index (χ3n) is 4.41. The van der Waals surface area contributed by atoms with Gasteiger partial charge in [-0.1, -0.05) is 30.5 Å². The standard InChI is InChI=1S/C15H16ClFN2O2/c1-9-13(20)18-15(7-2-3-8-15)14(21)19(9)11-6-4-5-10(16)12(11)17/h4-6,9H,2-3,7-8H2,1H3,(H,18,20). The van der Waals surface area contributed by atoms with E-state index in [-0.39, 0.29) is 22.5 Å². The van der Waals surface area contributed by atoms with E-state index in [0.717, 1.165) is 12.8 Å². The highest BCUT2D eigenvalue weighted by Crippen LogP contribution is 2.38. The van der Waals surface area contributed by atoms with Crippen molar-refractivity contribution in [3.63, 3.8) is 0 Å². The van der Waals surface area contributed by atoms with Crippen LogP contribution < -0.4 is 10.2 Å². The highest BCUT2D eigenvalue weighted by Gasteiger charge is 2.51. The molecule has 2 aliphatic rings. The molecule has 3 rings (SSSR count). The van der Waals surface area contributed by atoms with E-state index in [0.29, 0.717) is 12.8 Å². The Morgan fingerprint density at radius 3 is 2.67 bits per heavy atom. The Hall–Kier alpha value is -1.62. The average Bonchev–Trinajstić information content (AvgIpc) is 2.91. The number of hydrogen-bond acceptors (Lipinski definition) is 2. The summed E-state index contributed by atoms with van der Waals surface area (Å²) in [4.78, 5) is 26.3. The van der Waals surface area contributed by atoms with Crippen LogP contribution in [0.2, 0.25) is 5.02 Å². The van der Waals surface area contributed by atoms with E-state index < -0.39 is 17.4 Å². The summed E-state index contributed by atoms with van der Waals surface area (Å²) in [5, 5.41) is 2.78. The molecule has 21 heavy (non-hydrogen) atoms. The van der Waals surface area contributed by atoms with Gasteiger partial charge < -0.3 is 5.32 Å². The third kappa shape index (κ3) is 2.11. The lowest BCUT2D eigenvalue weighted by Gasteiger charge is -2.43. The van der Waals surface area contributed by atoms with Gasteiger partial charge in [0.25, 0.3) is 5.91 Å². The zero-order valence-electron chi connectivity index (χ0n) is 11.7. The van der Waals surface area contributed by atoms with Crippen LogP contribution in [0.3, 0.4) is 0 Å². The van der Waals surface area contributed by atoms with Gasteiger partial charge in [-0.05, 0) is 31.9 Å². The number of amides is 2. The molecular formula is C15H16ClFN2O2. The highest BCUT2D eigenvalue weighted by molar-refractivity contribution is 6.31. The molecule has 6 heteroatoms. The van der Waals surface area contributed by atoms with Crippen LogP contribution in [-0.4, -0.2) is 23.4 Å². The maximum absolute atomic E-state index is 14.3. The normalized spacial score (nSPS) is 24.5. The molecule has 1 aromatic rings. The van der Waals surface area contributed by atoms with Crippen molar-refractivity contribution < 1.29 is 14.0 Å². The Labute approximate surface area is 127 Å². The van der Waals surface area contributed by atoms with Crippen molar-refractivity contribution in [1.82, 2.24) is 5.32 Å². The number of nitrogens with zero attached hydrogens (tertiary/aromatic N) is 1. The molecule has 112 valence electrons. The zero-order valence-corrected chi connectivity index (χ0v) is 12.4. The molecule has 2 fully saturated rings. The number of nitrogens with one attached hydrogen (secondary N) is 1.